The van der Waals surface area contributed by atoms with Crippen LogP contribution in [0.3, 0.4) is 0 Å². The van der Waals surface area contributed by atoms with Gasteiger partial charge in [-0.15, -0.1) is 10.2 Å². The van der Waals surface area contributed by atoms with Crippen molar-refractivity contribution in [2.45, 2.75) is 24.9 Å². The fourth-order valence-corrected chi connectivity index (χ4v) is 4.09. The Morgan fingerprint density at radius 2 is 1.91 bits per heavy atom. The lowest BCUT2D eigenvalue weighted by Crippen LogP contribution is -2.10. The van der Waals surface area contributed by atoms with Crippen LogP contribution in [-0.2, 0) is 23.1 Å². The SMILES string of the molecule is C=C(N=C(Cl)N=CC)c1ccc(S(=O)(=O)CC)c(-c2nnc(-c3cc(C(F)(F)F)ncn3)n2C)n1. The van der Waals surface area contributed by atoms with E-state index in [-0.39, 0.29) is 50.4 Å². The van der Waals surface area contributed by atoms with Gasteiger partial charge in [0.25, 0.3) is 0 Å². The van der Waals surface area contributed by atoms with E-state index in [2.05, 4.69) is 41.7 Å². The average molecular weight is 527 g/mol. The summed E-state index contributed by atoms with van der Waals surface area (Å²) in [6.07, 6.45) is -2.52. The lowest BCUT2D eigenvalue weighted by Gasteiger charge is -2.11. The summed E-state index contributed by atoms with van der Waals surface area (Å²) < 4.78 is 66.0. The van der Waals surface area contributed by atoms with Gasteiger partial charge < -0.3 is 4.57 Å². The number of nitrogens with zero attached hydrogens (tertiary/aromatic N) is 8. The molecular weight excluding hydrogens is 509 g/mol. The number of rotatable bonds is 6. The Balaban J connectivity index is 2.19. The summed E-state index contributed by atoms with van der Waals surface area (Å²) in [4.78, 5) is 19.1. The Bertz CT molecular complexity index is 1450. The third-order valence-electron chi connectivity index (χ3n) is 4.61. The first-order chi connectivity index (χ1) is 16.4. The number of aliphatic imine (C=N–C) groups is 2. The third kappa shape index (κ3) is 5.59. The van der Waals surface area contributed by atoms with Crippen molar-refractivity contribution in [2.75, 3.05) is 5.75 Å². The number of amidine groups is 1. The summed E-state index contributed by atoms with van der Waals surface area (Å²) in [5, 5.41) is 7.78. The first-order valence-corrected chi connectivity index (χ1v) is 11.9. The highest BCUT2D eigenvalue weighted by Gasteiger charge is 2.33. The highest BCUT2D eigenvalue weighted by Crippen LogP contribution is 2.31. The summed E-state index contributed by atoms with van der Waals surface area (Å²) in [7, 11) is -2.34. The van der Waals surface area contributed by atoms with Crippen LogP contribution < -0.4 is 0 Å². The van der Waals surface area contributed by atoms with Crippen LogP contribution in [-0.4, -0.2) is 55.4 Å². The molecule has 0 radical (unpaired) electrons. The van der Waals surface area contributed by atoms with Gasteiger partial charge in [0, 0.05) is 13.3 Å². The van der Waals surface area contributed by atoms with Crippen molar-refractivity contribution < 1.29 is 21.6 Å². The molecule has 0 unspecified atom stereocenters. The standard InChI is InChI=1S/C20H18ClF3N8O2S/c1-5-25-19(21)28-11(3)12-7-8-14(35(33,34)6-2)16(29-12)18-31-30-17(32(18)4)13-9-15(20(22,23)24)27-10-26-13/h5,7-10H,3,6H2,1-2,4H3. The first kappa shape index (κ1) is 26.1. The van der Waals surface area contributed by atoms with Crippen molar-refractivity contribution in [1.29, 1.82) is 0 Å². The number of hydrogen-bond donors (Lipinski definition) is 0. The summed E-state index contributed by atoms with van der Waals surface area (Å²) >= 11 is 5.90. The molecule has 0 spiro atoms. The van der Waals surface area contributed by atoms with Crippen LogP contribution in [0.25, 0.3) is 28.7 Å². The predicted molar refractivity (Wildman–Crippen MR) is 124 cm³/mol. The molecule has 0 amide bonds. The van der Waals surface area contributed by atoms with Crippen molar-refractivity contribution in [3.63, 3.8) is 0 Å². The summed E-state index contributed by atoms with van der Waals surface area (Å²) in [6, 6.07) is 3.43. The van der Waals surface area contributed by atoms with Crippen molar-refractivity contribution in [2.24, 2.45) is 17.0 Å². The van der Waals surface area contributed by atoms with E-state index in [1.54, 1.807) is 6.92 Å². The monoisotopic (exact) mass is 526 g/mol. The van der Waals surface area contributed by atoms with E-state index in [1.807, 2.05) is 0 Å². The van der Waals surface area contributed by atoms with Gasteiger partial charge in [-0.1, -0.05) is 13.5 Å². The van der Waals surface area contributed by atoms with Crippen LogP contribution in [0.15, 0.2) is 46.0 Å². The zero-order chi connectivity index (χ0) is 26.0. The Labute approximate surface area is 203 Å². The molecule has 184 valence electrons. The zero-order valence-electron chi connectivity index (χ0n) is 18.6. The van der Waals surface area contributed by atoms with Crippen LogP contribution in [0.4, 0.5) is 13.2 Å². The van der Waals surface area contributed by atoms with Gasteiger partial charge in [0.05, 0.1) is 22.0 Å². The van der Waals surface area contributed by atoms with Crippen molar-refractivity contribution in [3.8, 4) is 23.0 Å². The zero-order valence-corrected chi connectivity index (χ0v) is 20.2. The van der Waals surface area contributed by atoms with Gasteiger partial charge in [0.2, 0.25) is 5.29 Å². The molecule has 0 bridgehead atoms. The number of halogens is 4. The van der Waals surface area contributed by atoms with E-state index in [4.69, 9.17) is 11.6 Å². The fourth-order valence-electron chi connectivity index (χ4n) is 2.87. The van der Waals surface area contributed by atoms with E-state index in [0.717, 1.165) is 6.33 Å². The molecular formula is C20H18ClF3N8O2S. The maximum atomic E-state index is 13.1. The molecule has 10 nitrogen and oxygen atoms in total. The second kappa shape index (κ2) is 10.00. The van der Waals surface area contributed by atoms with E-state index < -0.39 is 21.7 Å². The topological polar surface area (TPSA) is 128 Å². The molecule has 0 atom stereocenters. The Morgan fingerprint density at radius 1 is 1.23 bits per heavy atom. The van der Waals surface area contributed by atoms with Gasteiger partial charge in [-0.05, 0) is 36.7 Å². The summed E-state index contributed by atoms with van der Waals surface area (Å²) in [6.45, 7) is 6.88. The minimum Gasteiger partial charge on any atom is -0.307 e. The van der Waals surface area contributed by atoms with Gasteiger partial charge in [0.1, 0.15) is 23.4 Å². The Morgan fingerprint density at radius 3 is 2.54 bits per heavy atom. The van der Waals surface area contributed by atoms with Crippen molar-refractivity contribution in [1.82, 2.24) is 29.7 Å². The van der Waals surface area contributed by atoms with Crippen LogP contribution in [0.2, 0.25) is 0 Å². The number of pyridine rings is 1. The van der Waals surface area contributed by atoms with E-state index in [1.165, 1.54) is 36.9 Å². The Kier molecular flexibility index (Phi) is 7.45. The quantitative estimate of drug-likeness (QED) is 0.271. The summed E-state index contributed by atoms with van der Waals surface area (Å²) in [5.41, 5.74) is -1.16. The minimum absolute atomic E-state index is 0.0319. The molecule has 0 aliphatic carbocycles. The van der Waals surface area contributed by atoms with Gasteiger partial charge >= 0.3 is 6.18 Å². The number of hydrogen-bond acceptors (Lipinski definition) is 8. The lowest BCUT2D eigenvalue weighted by atomic mass is 10.2. The van der Waals surface area contributed by atoms with Crippen LogP contribution in [0, 0.1) is 0 Å². The molecule has 0 N–H and O–H groups in total. The second-order valence-corrected chi connectivity index (χ2v) is 9.44. The lowest BCUT2D eigenvalue weighted by molar-refractivity contribution is -0.141. The Hall–Kier alpha value is -3.52. The molecule has 0 fully saturated rings. The predicted octanol–water partition coefficient (Wildman–Crippen LogP) is 3.80. The third-order valence-corrected chi connectivity index (χ3v) is 6.55. The first-order valence-electron chi connectivity index (χ1n) is 9.84. The molecule has 3 aromatic heterocycles. The molecule has 0 aromatic carbocycles. The van der Waals surface area contributed by atoms with E-state index in [0.29, 0.717) is 6.07 Å². The molecule has 0 aliphatic heterocycles. The molecule has 3 rings (SSSR count). The number of sulfone groups is 1. The van der Waals surface area contributed by atoms with Crippen LogP contribution in [0.5, 0.6) is 0 Å². The minimum atomic E-state index is -4.69. The second-order valence-electron chi connectivity index (χ2n) is 6.85. The van der Waals surface area contributed by atoms with Gasteiger partial charge in [-0.3, -0.25) is 0 Å². The normalized spacial score (nSPS) is 12.9. The average Bonchev–Trinajstić information content (AvgIpc) is 3.19. The molecule has 0 saturated heterocycles. The van der Waals surface area contributed by atoms with Crippen molar-refractivity contribution >= 4 is 38.6 Å². The maximum Gasteiger partial charge on any atom is 0.433 e. The van der Waals surface area contributed by atoms with Crippen molar-refractivity contribution in [3.05, 3.63) is 42.5 Å². The highest BCUT2D eigenvalue weighted by atomic mass is 35.5. The van der Waals surface area contributed by atoms with E-state index >= 15 is 0 Å². The van der Waals surface area contributed by atoms with Gasteiger partial charge in [-0.2, -0.15) is 13.2 Å². The van der Waals surface area contributed by atoms with E-state index in [9.17, 15) is 21.6 Å². The van der Waals surface area contributed by atoms with Gasteiger partial charge in [0.15, 0.2) is 21.5 Å². The highest BCUT2D eigenvalue weighted by molar-refractivity contribution is 7.91. The molecule has 35 heavy (non-hydrogen) atoms. The summed E-state index contributed by atoms with van der Waals surface area (Å²) in [5.74, 6) is -0.324. The van der Waals surface area contributed by atoms with Crippen LogP contribution in [0.1, 0.15) is 25.2 Å². The van der Waals surface area contributed by atoms with Gasteiger partial charge in [-0.25, -0.2) is 33.4 Å². The largest absolute Gasteiger partial charge is 0.433 e. The smallest absolute Gasteiger partial charge is 0.307 e. The molecule has 15 heteroatoms. The number of aromatic nitrogens is 6. The molecule has 0 saturated carbocycles. The molecule has 3 heterocycles. The van der Waals surface area contributed by atoms with Crippen LogP contribution >= 0.6 is 11.6 Å². The number of alkyl halides is 3. The molecule has 3 aromatic rings. The molecule has 0 aliphatic rings. The fraction of sp³-hybridized carbons (Fsp3) is 0.250. The maximum absolute atomic E-state index is 13.1.